The van der Waals surface area contributed by atoms with Crippen molar-refractivity contribution >= 4 is 17.4 Å². The molecule has 1 amide bonds. The van der Waals surface area contributed by atoms with Gasteiger partial charge in [-0.25, -0.2) is 18.7 Å². The molecule has 0 aliphatic carbocycles. The zero-order valence-corrected chi connectivity index (χ0v) is 12.3. The highest BCUT2D eigenvalue weighted by Gasteiger charge is 2.10. The fourth-order valence-corrected chi connectivity index (χ4v) is 1.91. The van der Waals surface area contributed by atoms with Crippen LogP contribution in [0.3, 0.4) is 0 Å². The molecule has 0 aliphatic rings. The standard InChI is InChI=1S/C16H12F2N4O2/c17-10-3-4-13(12(18)6-10)22-15-9-19-14(8-20-15)16(23)21-7-11-2-1-5-24-11/h1-6,8-9H,7H2,(H,20,22)(H,21,23). The second kappa shape index (κ2) is 6.86. The summed E-state index contributed by atoms with van der Waals surface area (Å²) in [6.45, 7) is 0.230. The SMILES string of the molecule is O=C(NCc1ccco1)c1cnc(Nc2ccc(F)cc2F)cn1. The molecule has 2 heterocycles. The molecule has 0 saturated carbocycles. The van der Waals surface area contributed by atoms with Gasteiger partial charge in [0.1, 0.15) is 28.9 Å². The van der Waals surface area contributed by atoms with Gasteiger partial charge in [-0.05, 0) is 24.3 Å². The molecular weight excluding hydrogens is 318 g/mol. The van der Waals surface area contributed by atoms with Gasteiger partial charge in [0.25, 0.3) is 5.91 Å². The largest absolute Gasteiger partial charge is 0.467 e. The molecule has 0 fully saturated rings. The number of rotatable bonds is 5. The molecule has 3 aromatic rings. The minimum absolute atomic E-state index is 0.0562. The van der Waals surface area contributed by atoms with Gasteiger partial charge < -0.3 is 15.1 Å². The second-order valence-electron chi connectivity index (χ2n) is 4.80. The first-order valence-corrected chi connectivity index (χ1v) is 6.96. The van der Waals surface area contributed by atoms with E-state index in [9.17, 15) is 13.6 Å². The van der Waals surface area contributed by atoms with E-state index in [4.69, 9.17) is 4.42 Å². The molecule has 0 bridgehead atoms. The highest BCUT2D eigenvalue weighted by atomic mass is 19.1. The fraction of sp³-hybridized carbons (Fsp3) is 0.0625. The van der Waals surface area contributed by atoms with Crippen molar-refractivity contribution in [2.24, 2.45) is 0 Å². The first-order chi connectivity index (χ1) is 11.6. The van der Waals surface area contributed by atoms with Crippen LogP contribution in [0.2, 0.25) is 0 Å². The van der Waals surface area contributed by atoms with Crippen molar-refractivity contribution in [3.63, 3.8) is 0 Å². The minimum Gasteiger partial charge on any atom is -0.467 e. The molecule has 2 N–H and O–H groups in total. The maximum atomic E-state index is 13.6. The Bertz CT molecular complexity index is 836. The lowest BCUT2D eigenvalue weighted by atomic mass is 10.3. The van der Waals surface area contributed by atoms with E-state index >= 15 is 0 Å². The molecule has 0 spiro atoms. The maximum Gasteiger partial charge on any atom is 0.271 e. The van der Waals surface area contributed by atoms with Crippen LogP contribution in [0.25, 0.3) is 0 Å². The number of hydrogen-bond acceptors (Lipinski definition) is 5. The normalized spacial score (nSPS) is 10.4. The van der Waals surface area contributed by atoms with Gasteiger partial charge >= 0.3 is 0 Å². The van der Waals surface area contributed by atoms with E-state index in [1.165, 1.54) is 24.7 Å². The Hall–Kier alpha value is -3.29. The predicted octanol–water partition coefficient (Wildman–Crippen LogP) is 3.02. The Kier molecular flexibility index (Phi) is 4.46. The lowest BCUT2D eigenvalue weighted by Gasteiger charge is -2.07. The Labute approximate surface area is 135 Å². The summed E-state index contributed by atoms with van der Waals surface area (Å²) >= 11 is 0. The summed E-state index contributed by atoms with van der Waals surface area (Å²) < 4.78 is 31.5. The Balaban J connectivity index is 1.63. The van der Waals surface area contributed by atoms with Crippen LogP contribution in [0.15, 0.2) is 53.4 Å². The summed E-state index contributed by atoms with van der Waals surface area (Å²) in [6, 6.07) is 6.57. The molecule has 1 aromatic carbocycles. The maximum absolute atomic E-state index is 13.6. The number of amides is 1. The van der Waals surface area contributed by atoms with Gasteiger partial charge in [-0.1, -0.05) is 0 Å². The summed E-state index contributed by atoms with van der Waals surface area (Å²) in [5, 5.41) is 5.29. The number of furan rings is 1. The van der Waals surface area contributed by atoms with Crippen molar-refractivity contribution in [3.05, 3.63) is 72.1 Å². The lowest BCUT2D eigenvalue weighted by molar-refractivity contribution is 0.0942. The molecule has 8 heteroatoms. The van der Waals surface area contributed by atoms with E-state index in [1.807, 2.05) is 0 Å². The van der Waals surface area contributed by atoms with Gasteiger partial charge in [-0.15, -0.1) is 0 Å². The Morgan fingerprint density at radius 1 is 1.17 bits per heavy atom. The van der Waals surface area contributed by atoms with E-state index in [0.717, 1.165) is 12.1 Å². The molecule has 0 atom stereocenters. The molecular formula is C16H12F2N4O2. The van der Waals surface area contributed by atoms with E-state index in [2.05, 4.69) is 20.6 Å². The number of benzene rings is 1. The van der Waals surface area contributed by atoms with E-state index in [0.29, 0.717) is 5.76 Å². The van der Waals surface area contributed by atoms with Gasteiger partial charge in [-0.2, -0.15) is 0 Å². The molecule has 2 aromatic heterocycles. The third kappa shape index (κ3) is 3.72. The van der Waals surface area contributed by atoms with Crippen molar-refractivity contribution in [2.45, 2.75) is 6.54 Å². The van der Waals surface area contributed by atoms with Crippen molar-refractivity contribution < 1.29 is 18.0 Å². The van der Waals surface area contributed by atoms with Crippen LogP contribution >= 0.6 is 0 Å². The van der Waals surface area contributed by atoms with Crippen molar-refractivity contribution in [2.75, 3.05) is 5.32 Å². The van der Waals surface area contributed by atoms with Crippen LogP contribution in [0.1, 0.15) is 16.2 Å². The zero-order chi connectivity index (χ0) is 16.9. The minimum atomic E-state index is -0.753. The first-order valence-electron chi connectivity index (χ1n) is 6.96. The summed E-state index contributed by atoms with van der Waals surface area (Å²) in [6.07, 6.45) is 4.04. The number of nitrogens with one attached hydrogen (secondary N) is 2. The number of hydrogen-bond donors (Lipinski definition) is 2. The van der Waals surface area contributed by atoms with Crippen LogP contribution in [0.4, 0.5) is 20.3 Å². The number of halogens is 2. The quantitative estimate of drug-likeness (QED) is 0.752. The monoisotopic (exact) mass is 330 g/mol. The predicted molar refractivity (Wildman–Crippen MR) is 81.6 cm³/mol. The molecule has 3 rings (SSSR count). The number of carbonyl (C=O) groups excluding carboxylic acids is 1. The van der Waals surface area contributed by atoms with E-state index in [-0.39, 0.29) is 23.7 Å². The average Bonchev–Trinajstić information content (AvgIpc) is 3.09. The molecule has 0 unspecified atom stereocenters. The van der Waals surface area contributed by atoms with Crippen LogP contribution < -0.4 is 10.6 Å². The van der Waals surface area contributed by atoms with Crippen LogP contribution in [-0.4, -0.2) is 15.9 Å². The van der Waals surface area contributed by atoms with Gasteiger partial charge in [0, 0.05) is 6.07 Å². The van der Waals surface area contributed by atoms with Crippen LogP contribution in [0, 0.1) is 11.6 Å². The molecule has 122 valence electrons. The fourth-order valence-electron chi connectivity index (χ4n) is 1.91. The molecule has 0 aliphatic heterocycles. The van der Waals surface area contributed by atoms with Crippen LogP contribution in [0.5, 0.6) is 0 Å². The molecule has 0 radical (unpaired) electrons. The third-order valence-electron chi connectivity index (χ3n) is 3.08. The summed E-state index contributed by atoms with van der Waals surface area (Å²) in [7, 11) is 0. The van der Waals surface area contributed by atoms with Crippen molar-refractivity contribution in [3.8, 4) is 0 Å². The Morgan fingerprint density at radius 3 is 2.71 bits per heavy atom. The van der Waals surface area contributed by atoms with Gasteiger partial charge in [-0.3, -0.25) is 4.79 Å². The van der Waals surface area contributed by atoms with Gasteiger partial charge in [0.05, 0.1) is 30.9 Å². The number of carbonyl (C=O) groups is 1. The summed E-state index contributed by atoms with van der Waals surface area (Å²) in [5.41, 5.74) is 0.160. The number of aromatic nitrogens is 2. The lowest BCUT2D eigenvalue weighted by Crippen LogP contribution is -2.23. The molecule has 24 heavy (non-hydrogen) atoms. The number of nitrogens with zero attached hydrogens (tertiary/aromatic N) is 2. The smallest absolute Gasteiger partial charge is 0.271 e. The zero-order valence-electron chi connectivity index (χ0n) is 12.3. The second-order valence-corrected chi connectivity index (χ2v) is 4.80. The first kappa shape index (κ1) is 15.6. The topological polar surface area (TPSA) is 80.0 Å². The van der Waals surface area contributed by atoms with Crippen molar-refractivity contribution in [1.82, 2.24) is 15.3 Å². The molecule has 0 saturated heterocycles. The summed E-state index contributed by atoms with van der Waals surface area (Å²) in [4.78, 5) is 19.9. The number of anilines is 2. The third-order valence-corrected chi connectivity index (χ3v) is 3.08. The van der Waals surface area contributed by atoms with Crippen LogP contribution in [-0.2, 0) is 6.54 Å². The van der Waals surface area contributed by atoms with E-state index < -0.39 is 17.5 Å². The molecule has 6 nitrogen and oxygen atoms in total. The van der Waals surface area contributed by atoms with Gasteiger partial charge in [0.2, 0.25) is 0 Å². The highest BCUT2D eigenvalue weighted by Crippen LogP contribution is 2.18. The van der Waals surface area contributed by atoms with Crippen molar-refractivity contribution in [1.29, 1.82) is 0 Å². The van der Waals surface area contributed by atoms with E-state index in [1.54, 1.807) is 12.1 Å². The highest BCUT2D eigenvalue weighted by molar-refractivity contribution is 5.91. The Morgan fingerprint density at radius 2 is 2.04 bits per heavy atom. The average molecular weight is 330 g/mol. The van der Waals surface area contributed by atoms with Gasteiger partial charge in [0.15, 0.2) is 0 Å². The summed E-state index contributed by atoms with van der Waals surface area (Å²) in [5.74, 6) is -1.01.